The molecule has 1 aliphatic rings. The van der Waals surface area contributed by atoms with E-state index in [0.29, 0.717) is 21.5 Å². The maximum Gasteiger partial charge on any atom is 0.0928 e. The first-order chi connectivity index (χ1) is 7.51. The van der Waals surface area contributed by atoms with Gasteiger partial charge in [0.1, 0.15) is 0 Å². The average Bonchev–Trinajstić information content (AvgIpc) is 2.26. The van der Waals surface area contributed by atoms with Crippen LogP contribution in [-0.2, 0) is 4.87 Å². The summed E-state index contributed by atoms with van der Waals surface area (Å²) in [6, 6.07) is 5.27. The summed E-state index contributed by atoms with van der Waals surface area (Å²) in [5.74, 6) is 0. The lowest BCUT2D eigenvalue weighted by Crippen LogP contribution is -2.17. The molecule has 16 heavy (non-hydrogen) atoms. The van der Waals surface area contributed by atoms with E-state index < -0.39 is 4.87 Å². The van der Waals surface area contributed by atoms with Crippen LogP contribution in [0.15, 0.2) is 41.5 Å². The predicted molar refractivity (Wildman–Crippen MR) is 71.7 cm³/mol. The van der Waals surface area contributed by atoms with Gasteiger partial charge in [-0.15, -0.1) is 11.6 Å². The highest BCUT2D eigenvalue weighted by atomic mass is 35.5. The zero-order valence-electron chi connectivity index (χ0n) is 8.18. The fourth-order valence-corrected chi connectivity index (χ4v) is 2.55. The Hall–Kier alpha value is -0.140. The topological polar surface area (TPSA) is 0 Å². The van der Waals surface area contributed by atoms with Crippen LogP contribution in [0.25, 0.3) is 0 Å². The molecule has 0 fully saturated rings. The lowest BCUT2D eigenvalue weighted by Gasteiger charge is -2.26. The van der Waals surface area contributed by atoms with Crippen LogP contribution >= 0.6 is 46.4 Å². The molecule has 0 bridgehead atoms. The van der Waals surface area contributed by atoms with Gasteiger partial charge in [-0.1, -0.05) is 47.0 Å². The van der Waals surface area contributed by atoms with Crippen molar-refractivity contribution in [2.45, 2.75) is 11.3 Å². The second-order valence-electron chi connectivity index (χ2n) is 3.61. The number of allylic oxidation sites excluding steroid dienone is 4. The molecule has 0 spiro atoms. The first kappa shape index (κ1) is 12.3. The second-order valence-corrected chi connectivity index (χ2v) is 5.57. The summed E-state index contributed by atoms with van der Waals surface area (Å²) in [6.45, 7) is 0. The Morgan fingerprint density at radius 1 is 1.12 bits per heavy atom. The smallest absolute Gasteiger partial charge is 0.0928 e. The summed E-state index contributed by atoms with van der Waals surface area (Å²) in [7, 11) is 0. The molecule has 1 unspecified atom stereocenters. The van der Waals surface area contributed by atoms with Crippen molar-refractivity contribution in [3.8, 4) is 0 Å². The van der Waals surface area contributed by atoms with Crippen molar-refractivity contribution in [3.63, 3.8) is 0 Å². The molecule has 0 radical (unpaired) electrons. The van der Waals surface area contributed by atoms with Crippen LogP contribution in [0, 0.1) is 0 Å². The Balaban J connectivity index is 2.45. The van der Waals surface area contributed by atoms with Gasteiger partial charge in [0.05, 0.1) is 4.87 Å². The van der Waals surface area contributed by atoms with E-state index >= 15 is 0 Å². The summed E-state index contributed by atoms with van der Waals surface area (Å²) in [5, 5.41) is 1.92. The summed E-state index contributed by atoms with van der Waals surface area (Å²) in [5.41, 5.74) is 0.806. The van der Waals surface area contributed by atoms with E-state index in [0.717, 1.165) is 5.56 Å². The molecule has 0 aliphatic heterocycles. The highest BCUT2D eigenvalue weighted by molar-refractivity contribution is 6.36. The van der Waals surface area contributed by atoms with Crippen LogP contribution in [0.1, 0.15) is 12.0 Å². The molecule has 0 heterocycles. The van der Waals surface area contributed by atoms with Crippen LogP contribution < -0.4 is 0 Å². The Kier molecular flexibility index (Phi) is 3.56. The Bertz CT molecular complexity index is 476. The van der Waals surface area contributed by atoms with Crippen molar-refractivity contribution >= 4 is 46.4 Å². The molecule has 1 aliphatic carbocycles. The summed E-state index contributed by atoms with van der Waals surface area (Å²) in [6.07, 6.45) is 6.08. The van der Waals surface area contributed by atoms with E-state index in [1.807, 2.05) is 12.2 Å². The third-order valence-electron chi connectivity index (χ3n) is 2.48. The number of alkyl halides is 1. The average molecular weight is 294 g/mol. The van der Waals surface area contributed by atoms with Gasteiger partial charge in [0.25, 0.3) is 0 Å². The second kappa shape index (κ2) is 4.62. The quantitative estimate of drug-likeness (QED) is 0.599. The van der Waals surface area contributed by atoms with Crippen molar-refractivity contribution in [1.29, 1.82) is 0 Å². The number of benzene rings is 1. The largest absolute Gasteiger partial charge is 0.109 e. The summed E-state index contributed by atoms with van der Waals surface area (Å²) < 4.78 is 0. The Labute approximate surface area is 114 Å². The van der Waals surface area contributed by atoms with Gasteiger partial charge in [-0.2, -0.15) is 0 Å². The van der Waals surface area contributed by atoms with Crippen LogP contribution in [0.2, 0.25) is 10.0 Å². The number of hydrogen-bond acceptors (Lipinski definition) is 0. The molecule has 1 aromatic rings. The van der Waals surface area contributed by atoms with Gasteiger partial charge in [0, 0.05) is 15.1 Å². The van der Waals surface area contributed by atoms with Gasteiger partial charge in [0.15, 0.2) is 0 Å². The van der Waals surface area contributed by atoms with Crippen LogP contribution in [-0.4, -0.2) is 0 Å². The summed E-state index contributed by atoms with van der Waals surface area (Å²) in [4.78, 5) is -0.652. The molecular formula is C12H8Cl4. The number of halogens is 4. The molecule has 0 N–H and O–H groups in total. The molecule has 0 nitrogen and oxygen atoms in total. The van der Waals surface area contributed by atoms with Gasteiger partial charge in [-0.05, 0) is 36.3 Å². The van der Waals surface area contributed by atoms with Gasteiger partial charge < -0.3 is 0 Å². The molecule has 4 heteroatoms. The molecule has 1 atom stereocenters. The van der Waals surface area contributed by atoms with Crippen molar-refractivity contribution < 1.29 is 0 Å². The molecular weight excluding hydrogens is 286 g/mol. The molecule has 0 saturated heterocycles. The minimum atomic E-state index is -0.652. The normalized spacial score (nSPS) is 24.4. The number of rotatable bonds is 1. The van der Waals surface area contributed by atoms with Gasteiger partial charge in [-0.25, -0.2) is 0 Å². The zero-order valence-corrected chi connectivity index (χ0v) is 11.2. The van der Waals surface area contributed by atoms with Gasteiger partial charge in [0.2, 0.25) is 0 Å². The third-order valence-corrected chi connectivity index (χ3v) is 3.81. The monoisotopic (exact) mass is 292 g/mol. The molecule has 2 rings (SSSR count). The third kappa shape index (κ3) is 2.41. The van der Waals surface area contributed by atoms with Crippen molar-refractivity contribution in [2.24, 2.45) is 0 Å². The van der Waals surface area contributed by atoms with Crippen LogP contribution in [0.5, 0.6) is 0 Å². The lowest BCUT2D eigenvalue weighted by molar-refractivity contribution is 0.762. The first-order valence-corrected chi connectivity index (χ1v) is 6.22. The van der Waals surface area contributed by atoms with E-state index in [1.165, 1.54) is 0 Å². The highest BCUT2D eigenvalue weighted by Gasteiger charge is 2.29. The van der Waals surface area contributed by atoms with Crippen LogP contribution in [0.3, 0.4) is 0 Å². The fraction of sp³-hybridized carbons (Fsp3) is 0.167. The van der Waals surface area contributed by atoms with E-state index in [2.05, 4.69) is 0 Å². The van der Waals surface area contributed by atoms with Gasteiger partial charge in [-0.3, -0.25) is 0 Å². The molecule has 1 aromatic carbocycles. The molecule has 0 aromatic heterocycles. The van der Waals surface area contributed by atoms with Crippen LogP contribution in [0.4, 0.5) is 0 Å². The maximum absolute atomic E-state index is 6.51. The fourth-order valence-electron chi connectivity index (χ4n) is 1.61. The molecule has 0 amide bonds. The van der Waals surface area contributed by atoms with Gasteiger partial charge >= 0.3 is 0 Å². The predicted octanol–water partition coefficient (Wildman–Crippen LogP) is 5.51. The molecule has 84 valence electrons. The van der Waals surface area contributed by atoms with Crippen molar-refractivity contribution in [3.05, 3.63) is 57.1 Å². The highest BCUT2D eigenvalue weighted by Crippen LogP contribution is 2.42. The standard InChI is InChI=1S/C12H8Cl4/c13-8-3-5-12(16,6-4-8)10-7-9(14)1-2-11(10)15/h1-5,7H,6H2. The number of hydrogen-bond donors (Lipinski definition) is 0. The summed E-state index contributed by atoms with van der Waals surface area (Å²) >= 11 is 24.4. The van der Waals surface area contributed by atoms with E-state index in [4.69, 9.17) is 46.4 Å². The SMILES string of the molecule is ClC1=CCC(Cl)(c2cc(Cl)ccc2Cl)C=C1. The molecule has 0 saturated carbocycles. The minimum absolute atomic E-state index is 0.601. The Morgan fingerprint density at radius 3 is 2.50 bits per heavy atom. The van der Waals surface area contributed by atoms with E-state index in [-0.39, 0.29) is 0 Å². The van der Waals surface area contributed by atoms with Crippen molar-refractivity contribution in [2.75, 3.05) is 0 Å². The Morgan fingerprint density at radius 2 is 1.88 bits per heavy atom. The maximum atomic E-state index is 6.51. The van der Waals surface area contributed by atoms with E-state index in [1.54, 1.807) is 24.3 Å². The van der Waals surface area contributed by atoms with Crippen molar-refractivity contribution in [1.82, 2.24) is 0 Å². The zero-order chi connectivity index (χ0) is 11.8. The minimum Gasteiger partial charge on any atom is -0.109 e. The first-order valence-electron chi connectivity index (χ1n) is 4.71. The van der Waals surface area contributed by atoms with E-state index in [9.17, 15) is 0 Å². The lowest BCUT2D eigenvalue weighted by atomic mass is 9.91.